The van der Waals surface area contributed by atoms with Crippen molar-refractivity contribution in [2.75, 3.05) is 0 Å². The highest BCUT2D eigenvalue weighted by atomic mass is 14.8. The molecule has 0 fully saturated rings. The number of aromatic nitrogens is 2. The van der Waals surface area contributed by atoms with E-state index >= 15 is 0 Å². The Labute approximate surface area is 84.4 Å². The molecule has 0 aliphatic carbocycles. The van der Waals surface area contributed by atoms with Crippen LogP contribution in [0.25, 0.3) is 10.9 Å². The van der Waals surface area contributed by atoms with Gasteiger partial charge in [-0.25, -0.2) is 0 Å². The van der Waals surface area contributed by atoms with Gasteiger partial charge < -0.3 is 4.98 Å². The molecule has 0 bridgehead atoms. The second-order valence-electron chi connectivity index (χ2n) is 3.95. The maximum absolute atomic E-state index is 4.67. The SMILES string of the molecule is CCc1cc2[nH]ccc2c(C(C)C)n1. The van der Waals surface area contributed by atoms with Gasteiger partial charge in [0, 0.05) is 22.8 Å². The van der Waals surface area contributed by atoms with Crippen molar-refractivity contribution in [3.63, 3.8) is 0 Å². The van der Waals surface area contributed by atoms with Gasteiger partial charge in [-0.3, -0.25) is 4.98 Å². The summed E-state index contributed by atoms with van der Waals surface area (Å²) in [6.07, 6.45) is 2.98. The standard InChI is InChI=1S/C12H16N2/c1-4-9-7-11-10(5-6-13-11)12(14-9)8(2)3/h5-8,13H,4H2,1-3H3. The van der Waals surface area contributed by atoms with Gasteiger partial charge in [-0.15, -0.1) is 0 Å². The molecule has 0 atom stereocenters. The fourth-order valence-electron chi connectivity index (χ4n) is 1.76. The van der Waals surface area contributed by atoms with E-state index in [4.69, 9.17) is 0 Å². The minimum absolute atomic E-state index is 0.486. The first-order valence-electron chi connectivity index (χ1n) is 5.19. The molecule has 0 aliphatic rings. The minimum Gasteiger partial charge on any atom is -0.361 e. The van der Waals surface area contributed by atoms with Crippen LogP contribution in [0.5, 0.6) is 0 Å². The van der Waals surface area contributed by atoms with E-state index in [0.29, 0.717) is 5.92 Å². The Morgan fingerprint density at radius 1 is 1.43 bits per heavy atom. The summed E-state index contributed by atoms with van der Waals surface area (Å²) in [6.45, 7) is 6.52. The van der Waals surface area contributed by atoms with Gasteiger partial charge >= 0.3 is 0 Å². The van der Waals surface area contributed by atoms with Gasteiger partial charge in [0.15, 0.2) is 0 Å². The first-order valence-corrected chi connectivity index (χ1v) is 5.19. The van der Waals surface area contributed by atoms with E-state index in [-0.39, 0.29) is 0 Å². The van der Waals surface area contributed by atoms with Crippen molar-refractivity contribution in [1.82, 2.24) is 9.97 Å². The second-order valence-corrected chi connectivity index (χ2v) is 3.95. The maximum Gasteiger partial charge on any atom is 0.0525 e. The van der Waals surface area contributed by atoms with Gasteiger partial charge in [0.2, 0.25) is 0 Å². The Kier molecular flexibility index (Phi) is 2.28. The molecule has 1 N–H and O–H groups in total. The summed E-state index contributed by atoms with van der Waals surface area (Å²) < 4.78 is 0. The molecule has 0 unspecified atom stereocenters. The third kappa shape index (κ3) is 1.41. The summed E-state index contributed by atoms with van der Waals surface area (Å²) in [5.74, 6) is 0.486. The third-order valence-corrected chi connectivity index (χ3v) is 2.54. The van der Waals surface area contributed by atoms with Crippen LogP contribution >= 0.6 is 0 Å². The zero-order valence-corrected chi connectivity index (χ0v) is 8.96. The van der Waals surface area contributed by atoms with Gasteiger partial charge in [-0.2, -0.15) is 0 Å². The van der Waals surface area contributed by atoms with Crippen LogP contribution in [-0.4, -0.2) is 9.97 Å². The lowest BCUT2D eigenvalue weighted by Crippen LogP contribution is -1.97. The molecule has 0 spiro atoms. The lowest BCUT2D eigenvalue weighted by atomic mass is 10.0. The molecule has 74 valence electrons. The first kappa shape index (κ1) is 9.25. The van der Waals surface area contributed by atoms with Crippen molar-refractivity contribution in [2.24, 2.45) is 0 Å². The van der Waals surface area contributed by atoms with Gasteiger partial charge in [-0.05, 0) is 24.5 Å². The van der Waals surface area contributed by atoms with E-state index < -0.39 is 0 Å². The summed E-state index contributed by atoms with van der Waals surface area (Å²) in [5, 5.41) is 1.26. The second kappa shape index (κ2) is 3.45. The predicted molar refractivity (Wildman–Crippen MR) is 59.6 cm³/mol. The van der Waals surface area contributed by atoms with Crippen LogP contribution in [0, 0.1) is 0 Å². The number of hydrogen-bond acceptors (Lipinski definition) is 1. The molecule has 2 rings (SSSR count). The van der Waals surface area contributed by atoms with E-state index in [0.717, 1.165) is 6.42 Å². The quantitative estimate of drug-likeness (QED) is 0.770. The van der Waals surface area contributed by atoms with E-state index in [9.17, 15) is 0 Å². The smallest absolute Gasteiger partial charge is 0.0525 e. The molecule has 14 heavy (non-hydrogen) atoms. The van der Waals surface area contributed by atoms with E-state index in [2.05, 4.69) is 42.9 Å². The highest BCUT2D eigenvalue weighted by molar-refractivity contribution is 5.82. The third-order valence-electron chi connectivity index (χ3n) is 2.54. The summed E-state index contributed by atoms with van der Waals surface area (Å²) >= 11 is 0. The van der Waals surface area contributed by atoms with Crippen molar-refractivity contribution in [2.45, 2.75) is 33.1 Å². The molecule has 0 saturated heterocycles. The maximum atomic E-state index is 4.67. The summed E-state index contributed by atoms with van der Waals surface area (Å²) in [4.78, 5) is 7.92. The summed E-state index contributed by atoms with van der Waals surface area (Å²) in [6, 6.07) is 4.25. The monoisotopic (exact) mass is 188 g/mol. The molecule has 2 heteroatoms. The average Bonchev–Trinajstić information content (AvgIpc) is 2.63. The van der Waals surface area contributed by atoms with Crippen LogP contribution in [-0.2, 0) is 6.42 Å². The number of nitrogens with one attached hydrogen (secondary N) is 1. The zero-order valence-electron chi connectivity index (χ0n) is 8.96. The van der Waals surface area contributed by atoms with Crippen LogP contribution in [0.4, 0.5) is 0 Å². The summed E-state index contributed by atoms with van der Waals surface area (Å²) in [5.41, 5.74) is 3.59. The summed E-state index contributed by atoms with van der Waals surface area (Å²) in [7, 11) is 0. The molecule has 0 radical (unpaired) electrons. The predicted octanol–water partition coefficient (Wildman–Crippen LogP) is 3.25. The highest BCUT2D eigenvalue weighted by Crippen LogP contribution is 2.23. The molecular weight excluding hydrogens is 172 g/mol. The van der Waals surface area contributed by atoms with Crippen LogP contribution in [0.2, 0.25) is 0 Å². The van der Waals surface area contributed by atoms with Crippen molar-refractivity contribution in [3.8, 4) is 0 Å². The van der Waals surface area contributed by atoms with E-state index in [1.807, 2.05) is 6.20 Å². The minimum atomic E-state index is 0.486. The number of nitrogens with zero attached hydrogens (tertiary/aromatic N) is 1. The number of hydrogen-bond donors (Lipinski definition) is 1. The van der Waals surface area contributed by atoms with Crippen LogP contribution in [0.15, 0.2) is 18.3 Å². The van der Waals surface area contributed by atoms with Crippen molar-refractivity contribution < 1.29 is 0 Å². The van der Waals surface area contributed by atoms with Crippen LogP contribution in [0.3, 0.4) is 0 Å². The van der Waals surface area contributed by atoms with Gasteiger partial charge in [0.05, 0.1) is 5.69 Å². The fraction of sp³-hybridized carbons (Fsp3) is 0.417. The van der Waals surface area contributed by atoms with Crippen LogP contribution in [0.1, 0.15) is 38.1 Å². The number of H-pyrrole nitrogens is 1. The number of pyridine rings is 1. The molecule has 2 aromatic heterocycles. The Balaban J connectivity index is 2.70. The lowest BCUT2D eigenvalue weighted by Gasteiger charge is -2.08. The van der Waals surface area contributed by atoms with Crippen molar-refractivity contribution in [1.29, 1.82) is 0 Å². The average molecular weight is 188 g/mol. The highest BCUT2D eigenvalue weighted by Gasteiger charge is 2.08. The van der Waals surface area contributed by atoms with Crippen molar-refractivity contribution in [3.05, 3.63) is 29.7 Å². The molecule has 0 aliphatic heterocycles. The van der Waals surface area contributed by atoms with Gasteiger partial charge in [0.1, 0.15) is 0 Å². The van der Waals surface area contributed by atoms with Gasteiger partial charge in [0.25, 0.3) is 0 Å². The molecule has 2 nitrogen and oxygen atoms in total. The molecule has 2 heterocycles. The Morgan fingerprint density at radius 3 is 2.86 bits per heavy atom. The number of aromatic amines is 1. The zero-order chi connectivity index (χ0) is 10.1. The molecule has 2 aromatic rings. The first-order chi connectivity index (χ1) is 6.72. The molecule has 0 amide bonds. The Morgan fingerprint density at radius 2 is 2.21 bits per heavy atom. The lowest BCUT2D eigenvalue weighted by molar-refractivity contribution is 0.819. The van der Waals surface area contributed by atoms with Gasteiger partial charge in [-0.1, -0.05) is 20.8 Å². The number of rotatable bonds is 2. The topological polar surface area (TPSA) is 28.7 Å². The van der Waals surface area contributed by atoms with Crippen molar-refractivity contribution >= 4 is 10.9 Å². The fourth-order valence-corrected chi connectivity index (χ4v) is 1.76. The molecular formula is C12H16N2. The number of aryl methyl sites for hydroxylation is 1. The Bertz CT molecular complexity index is 441. The molecule has 0 saturated carbocycles. The molecule has 0 aromatic carbocycles. The largest absolute Gasteiger partial charge is 0.361 e. The van der Waals surface area contributed by atoms with Crippen LogP contribution < -0.4 is 0 Å². The van der Waals surface area contributed by atoms with E-state index in [1.54, 1.807) is 0 Å². The van der Waals surface area contributed by atoms with E-state index in [1.165, 1.54) is 22.3 Å². The normalized spacial score (nSPS) is 11.4. The number of fused-ring (bicyclic) bond motifs is 1. The Hall–Kier alpha value is -1.31.